The van der Waals surface area contributed by atoms with Crippen molar-refractivity contribution in [3.05, 3.63) is 27.9 Å². The molecule has 0 radical (unpaired) electrons. The molecule has 2 N–H and O–H groups in total. The number of aromatic nitrogens is 1. The summed E-state index contributed by atoms with van der Waals surface area (Å²) in [5, 5.41) is 19.4. The number of nitro groups is 1. The number of carboxylic acids is 1. The highest BCUT2D eigenvalue weighted by Crippen LogP contribution is 2.21. The van der Waals surface area contributed by atoms with E-state index in [2.05, 4.69) is 4.98 Å². The van der Waals surface area contributed by atoms with E-state index in [1.165, 1.54) is 12.1 Å². The predicted octanol–water partition coefficient (Wildman–Crippen LogP) is 1.25. The molecule has 1 atom stereocenters. The molecule has 2 rings (SSSR count). The molecule has 0 aliphatic carbocycles. The zero-order chi connectivity index (χ0) is 14.7. The molecule has 1 aliphatic heterocycles. The van der Waals surface area contributed by atoms with Crippen LogP contribution in [0.25, 0.3) is 0 Å². The van der Waals surface area contributed by atoms with Crippen LogP contribution in [-0.4, -0.2) is 44.9 Å². The van der Waals surface area contributed by atoms with E-state index in [0.717, 1.165) is 12.8 Å². The van der Waals surface area contributed by atoms with Crippen LogP contribution in [0.3, 0.4) is 0 Å². The van der Waals surface area contributed by atoms with E-state index in [-0.39, 0.29) is 29.8 Å². The highest BCUT2D eigenvalue weighted by atomic mass is 16.6. The van der Waals surface area contributed by atoms with E-state index >= 15 is 0 Å². The normalized spacial score (nSPS) is 18.8. The van der Waals surface area contributed by atoms with Crippen molar-refractivity contribution in [3.63, 3.8) is 0 Å². The maximum Gasteiger partial charge on any atom is 0.321 e. The molecule has 8 heteroatoms. The Morgan fingerprint density at radius 3 is 2.85 bits per heavy atom. The van der Waals surface area contributed by atoms with Crippen molar-refractivity contribution in [2.24, 2.45) is 5.92 Å². The van der Waals surface area contributed by atoms with Gasteiger partial charge in [0, 0.05) is 25.6 Å². The number of aromatic amines is 1. The summed E-state index contributed by atoms with van der Waals surface area (Å²) in [6.07, 6.45) is 1.56. The molecule has 1 fully saturated rings. The summed E-state index contributed by atoms with van der Waals surface area (Å²) in [5.41, 5.74) is 0.160. The van der Waals surface area contributed by atoms with Crippen LogP contribution in [0, 0.1) is 16.0 Å². The molecule has 2 heterocycles. The summed E-state index contributed by atoms with van der Waals surface area (Å²) in [7, 11) is 0. The lowest BCUT2D eigenvalue weighted by atomic mass is 9.95. The number of amides is 1. The third-order valence-corrected chi connectivity index (χ3v) is 3.37. The van der Waals surface area contributed by atoms with Crippen LogP contribution in [0.15, 0.2) is 12.1 Å². The van der Waals surface area contributed by atoms with Crippen molar-refractivity contribution < 1.29 is 19.6 Å². The molecule has 1 aliphatic rings. The van der Waals surface area contributed by atoms with E-state index in [9.17, 15) is 19.7 Å². The first kappa shape index (κ1) is 14.0. The van der Waals surface area contributed by atoms with Gasteiger partial charge < -0.3 is 20.1 Å². The maximum absolute atomic E-state index is 12.2. The molecule has 1 amide bonds. The number of nitrogens with one attached hydrogen (secondary N) is 1. The fraction of sp³-hybridized carbons (Fsp3) is 0.500. The van der Waals surface area contributed by atoms with Crippen LogP contribution in [0.4, 0.5) is 5.82 Å². The second-order valence-corrected chi connectivity index (χ2v) is 4.87. The molecule has 0 spiro atoms. The Balaban J connectivity index is 2.04. The molecule has 1 aromatic heterocycles. The first-order valence-electron chi connectivity index (χ1n) is 6.32. The number of carbonyl (C=O) groups is 2. The zero-order valence-corrected chi connectivity index (χ0v) is 10.7. The lowest BCUT2D eigenvalue weighted by Crippen LogP contribution is -2.40. The van der Waals surface area contributed by atoms with Gasteiger partial charge in [-0.05, 0) is 29.7 Å². The summed E-state index contributed by atoms with van der Waals surface area (Å²) < 4.78 is 0. The van der Waals surface area contributed by atoms with E-state index in [0.29, 0.717) is 13.1 Å². The number of likely N-dealkylation sites (tertiary alicyclic amines) is 1. The lowest BCUT2D eigenvalue weighted by Gasteiger charge is -2.31. The van der Waals surface area contributed by atoms with Crippen LogP contribution in [-0.2, 0) is 4.79 Å². The molecular formula is C12H15N3O5. The van der Waals surface area contributed by atoms with Gasteiger partial charge in [0.1, 0.15) is 0 Å². The van der Waals surface area contributed by atoms with Gasteiger partial charge in [0.25, 0.3) is 5.91 Å². The minimum atomic E-state index is -0.875. The lowest BCUT2D eigenvalue weighted by molar-refractivity contribution is -0.389. The summed E-state index contributed by atoms with van der Waals surface area (Å²) in [4.78, 5) is 36.9. The Bertz CT molecular complexity index is 539. The van der Waals surface area contributed by atoms with Gasteiger partial charge in [-0.1, -0.05) is 0 Å². The number of piperidine rings is 1. The number of hydrogen-bond donors (Lipinski definition) is 2. The zero-order valence-electron chi connectivity index (χ0n) is 10.7. The van der Waals surface area contributed by atoms with Crippen LogP contribution < -0.4 is 0 Å². The third kappa shape index (κ3) is 3.14. The number of aliphatic carboxylic acids is 1. The van der Waals surface area contributed by atoms with Gasteiger partial charge in [-0.15, -0.1) is 0 Å². The Labute approximate surface area is 114 Å². The number of hydrogen-bond acceptors (Lipinski definition) is 4. The number of H-pyrrole nitrogens is 1. The van der Waals surface area contributed by atoms with Crippen molar-refractivity contribution in [1.82, 2.24) is 9.88 Å². The van der Waals surface area contributed by atoms with Crippen LogP contribution >= 0.6 is 0 Å². The standard InChI is InChI=1S/C12H15N3O5/c16-11(17)6-8-2-1-5-14(7-8)12(18)9-3-4-10(13-9)15(19)20/h3-4,8,13H,1-2,5-7H2,(H,16,17). The van der Waals surface area contributed by atoms with Crippen molar-refractivity contribution in [1.29, 1.82) is 0 Å². The number of carboxylic acid groups (broad SMARTS) is 1. The van der Waals surface area contributed by atoms with Gasteiger partial charge >= 0.3 is 11.8 Å². The molecule has 1 unspecified atom stereocenters. The monoisotopic (exact) mass is 281 g/mol. The molecule has 1 aromatic rings. The van der Waals surface area contributed by atoms with Crippen molar-refractivity contribution in [3.8, 4) is 0 Å². The average molecular weight is 281 g/mol. The predicted molar refractivity (Wildman–Crippen MR) is 68.3 cm³/mol. The van der Waals surface area contributed by atoms with Crippen molar-refractivity contribution >= 4 is 17.7 Å². The molecule has 20 heavy (non-hydrogen) atoms. The van der Waals surface area contributed by atoms with Crippen molar-refractivity contribution in [2.75, 3.05) is 13.1 Å². The van der Waals surface area contributed by atoms with E-state index in [4.69, 9.17) is 5.11 Å². The first-order valence-corrected chi connectivity index (χ1v) is 6.32. The Morgan fingerprint density at radius 2 is 2.25 bits per heavy atom. The largest absolute Gasteiger partial charge is 0.481 e. The van der Waals surface area contributed by atoms with Crippen LogP contribution in [0.5, 0.6) is 0 Å². The fourth-order valence-electron chi connectivity index (χ4n) is 2.45. The van der Waals surface area contributed by atoms with Gasteiger partial charge in [0.15, 0.2) is 5.69 Å². The van der Waals surface area contributed by atoms with Gasteiger partial charge in [-0.25, -0.2) is 4.98 Å². The minimum absolute atomic E-state index is 0.0364. The van der Waals surface area contributed by atoms with Gasteiger partial charge in [-0.2, -0.15) is 0 Å². The average Bonchev–Trinajstić information content (AvgIpc) is 2.87. The highest BCUT2D eigenvalue weighted by molar-refractivity contribution is 5.93. The van der Waals surface area contributed by atoms with Gasteiger partial charge in [0.05, 0.1) is 0 Å². The summed E-state index contributed by atoms with van der Waals surface area (Å²) in [6.45, 7) is 0.916. The third-order valence-electron chi connectivity index (χ3n) is 3.37. The summed E-state index contributed by atoms with van der Waals surface area (Å²) in [5.74, 6) is -1.49. The number of carbonyl (C=O) groups excluding carboxylic acids is 1. The second kappa shape index (κ2) is 5.72. The minimum Gasteiger partial charge on any atom is -0.481 e. The van der Waals surface area contributed by atoms with E-state index < -0.39 is 10.9 Å². The summed E-state index contributed by atoms with van der Waals surface area (Å²) >= 11 is 0. The SMILES string of the molecule is O=C(O)CC1CCCN(C(=O)c2ccc([N+](=O)[O-])[nH]2)C1. The topological polar surface area (TPSA) is 117 Å². The van der Waals surface area contributed by atoms with E-state index in [1.54, 1.807) is 4.90 Å². The summed E-state index contributed by atoms with van der Waals surface area (Å²) in [6, 6.07) is 2.62. The van der Waals surface area contributed by atoms with Crippen LogP contribution in [0.2, 0.25) is 0 Å². The Morgan fingerprint density at radius 1 is 1.50 bits per heavy atom. The molecule has 8 nitrogen and oxygen atoms in total. The first-order chi connectivity index (χ1) is 9.47. The molecule has 108 valence electrons. The fourth-order valence-corrected chi connectivity index (χ4v) is 2.45. The second-order valence-electron chi connectivity index (χ2n) is 4.87. The Hall–Kier alpha value is -2.38. The van der Waals surface area contributed by atoms with Crippen LogP contribution in [0.1, 0.15) is 29.8 Å². The van der Waals surface area contributed by atoms with Crippen molar-refractivity contribution in [2.45, 2.75) is 19.3 Å². The quantitative estimate of drug-likeness (QED) is 0.636. The Kier molecular flexibility index (Phi) is 4.02. The van der Waals surface area contributed by atoms with Gasteiger partial charge in [0.2, 0.25) is 0 Å². The highest BCUT2D eigenvalue weighted by Gasteiger charge is 2.28. The molecule has 1 saturated heterocycles. The molecular weight excluding hydrogens is 266 g/mol. The molecule has 0 saturated carbocycles. The maximum atomic E-state index is 12.2. The molecule has 0 aromatic carbocycles. The van der Waals surface area contributed by atoms with E-state index in [1.807, 2.05) is 0 Å². The van der Waals surface area contributed by atoms with Gasteiger partial charge in [-0.3, -0.25) is 9.59 Å². The number of rotatable bonds is 4. The number of nitrogens with zero attached hydrogens (tertiary/aromatic N) is 2. The smallest absolute Gasteiger partial charge is 0.321 e. The molecule has 0 bridgehead atoms.